The largest absolute Gasteiger partial charge is 0.495 e. The summed E-state index contributed by atoms with van der Waals surface area (Å²) < 4.78 is 6.42. The Kier molecular flexibility index (Phi) is 4.25. The van der Waals surface area contributed by atoms with E-state index in [-0.39, 0.29) is 17.9 Å². The number of aryl methyl sites for hydroxylation is 1. The number of ketones is 1. The lowest BCUT2D eigenvalue weighted by Gasteiger charge is -2.08. The summed E-state index contributed by atoms with van der Waals surface area (Å²) in [6, 6.07) is 8.27. The van der Waals surface area contributed by atoms with Gasteiger partial charge in [0.25, 0.3) is 5.56 Å². The first-order chi connectivity index (χ1) is 9.52. The van der Waals surface area contributed by atoms with Crippen LogP contribution < -0.4 is 10.3 Å². The maximum atomic E-state index is 12.2. The molecule has 5 heteroatoms. The summed E-state index contributed by atoms with van der Waals surface area (Å²) in [6.07, 6.45) is 1.60. The highest BCUT2D eigenvalue weighted by Gasteiger charge is 2.11. The van der Waals surface area contributed by atoms with Gasteiger partial charge in [0.05, 0.1) is 18.7 Å². The summed E-state index contributed by atoms with van der Waals surface area (Å²) in [5.41, 5.74) is 0.887. The van der Waals surface area contributed by atoms with Crippen LogP contribution in [0.5, 0.6) is 5.75 Å². The third-order valence-corrected chi connectivity index (χ3v) is 3.29. The first-order valence-corrected chi connectivity index (χ1v) is 6.43. The maximum absolute atomic E-state index is 12.2. The van der Waals surface area contributed by atoms with E-state index in [9.17, 15) is 9.59 Å². The Morgan fingerprint density at radius 1 is 1.35 bits per heavy atom. The minimum Gasteiger partial charge on any atom is -0.495 e. The number of nitrogens with zero attached hydrogens (tertiary/aromatic N) is 1. The second kappa shape index (κ2) is 5.92. The van der Waals surface area contributed by atoms with Crippen LogP contribution in [-0.4, -0.2) is 17.5 Å². The normalized spacial score (nSPS) is 10.3. The van der Waals surface area contributed by atoms with Crippen molar-refractivity contribution < 1.29 is 9.53 Å². The molecule has 0 fully saturated rings. The molecule has 0 saturated heterocycles. The highest BCUT2D eigenvalue weighted by atomic mass is 35.5. The molecule has 0 aliphatic carbocycles. The monoisotopic (exact) mass is 291 g/mol. The Morgan fingerprint density at radius 3 is 2.75 bits per heavy atom. The number of aromatic nitrogens is 1. The fourth-order valence-corrected chi connectivity index (χ4v) is 2.12. The Bertz CT molecular complexity index is 707. The minimum absolute atomic E-state index is 0.0107. The van der Waals surface area contributed by atoms with Crippen LogP contribution in [0.15, 0.2) is 41.3 Å². The van der Waals surface area contributed by atoms with Crippen molar-refractivity contribution in [3.05, 3.63) is 63.0 Å². The first kappa shape index (κ1) is 14.3. The van der Waals surface area contributed by atoms with Gasteiger partial charge in [-0.3, -0.25) is 9.59 Å². The molecule has 0 aliphatic rings. The molecular weight excluding hydrogens is 278 g/mol. The van der Waals surface area contributed by atoms with E-state index in [1.54, 1.807) is 43.5 Å². The van der Waals surface area contributed by atoms with Gasteiger partial charge in [0.15, 0.2) is 5.78 Å². The van der Waals surface area contributed by atoms with Gasteiger partial charge in [-0.15, -0.1) is 0 Å². The standard InChI is InChI=1S/C15H14ClNO3/c1-10-4-3-7-17(15(10)19)9-13(18)11-5-6-14(20-2)12(16)8-11/h3-8H,9H2,1-2H3. The van der Waals surface area contributed by atoms with Crippen LogP contribution >= 0.6 is 11.6 Å². The van der Waals surface area contributed by atoms with Crippen molar-refractivity contribution in [3.63, 3.8) is 0 Å². The van der Waals surface area contributed by atoms with Crippen LogP contribution in [0.4, 0.5) is 0 Å². The smallest absolute Gasteiger partial charge is 0.253 e. The molecule has 0 amide bonds. The molecule has 4 nitrogen and oxygen atoms in total. The molecule has 0 bridgehead atoms. The van der Waals surface area contributed by atoms with E-state index in [4.69, 9.17) is 16.3 Å². The van der Waals surface area contributed by atoms with Crippen LogP contribution in [0.3, 0.4) is 0 Å². The number of carbonyl (C=O) groups excluding carboxylic acids is 1. The van der Waals surface area contributed by atoms with Gasteiger partial charge in [0.1, 0.15) is 5.75 Å². The van der Waals surface area contributed by atoms with E-state index in [1.807, 2.05) is 0 Å². The zero-order chi connectivity index (χ0) is 14.7. The SMILES string of the molecule is COc1ccc(C(=O)Cn2cccc(C)c2=O)cc1Cl. The zero-order valence-electron chi connectivity index (χ0n) is 11.2. The van der Waals surface area contributed by atoms with E-state index in [2.05, 4.69) is 0 Å². The second-order valence-corrected chi connectivity index (χ2v) is 4.80. The molecule has 0 unspecified atom stereocenters. The molecular formula is C15H14ClNO3. The summed E-state index contributed by atoms with van der Waals surface area (Å²) in [5.74, 6) is 0.332. The van der Waals surface area contributed by atoms with Gasteiger partial charge in [-0.2, -0.15) is 0 Å². The lowest BCUT2D eigenvalue weighted by atomic mass is 10.1. The number of carbonyl (C=O) groups is 1. The van der Waals surface area contributed by atoms with Crippen molar-refractivity contribution in [2.24, 2.45) is 0 Å². The fraction of sp³-hybridized carbons (Fsp3) is 0.200. The Labute approximate surface area is 121 Å². The van der Waals surface area contributed by atoms with Gasteiger partial charge < -0.3 is 9.30 Å². The van der Waals surface area contributed by atoms with Crippen molar-refractivity contribution in [2.75, 3.05) is 7.11 Å². The van der Waals surface area contributed by atoms with Crippen LogP contribution in [-0.2, 0) is 6.54 Å². The quantitative estimate of drug-likeness (QED) is 0.814. The van der Waals surface area contributed by atoms with Crippen molar-refractivity contribution in [1.82, 2.24) is 4.57 Å². The lowest BCUT2D eigenvalue weighted by molar-refractivity contribution is 0.0971. The highest BCUT2D eigenvalue weighted by Crippen LogP contribution is 2.25. The molecule has 1 heterocycles. The van der Waals surface area contributed by atoms with Crippen molar-refractivity contribution in [1.29, 1.82) is 0 Å². The molecule has 0 spiro atoms. The predicted octanol–water partition coefficient (Wildman–Crippen LogP) is 2.70. The molecule has 0 N–H and O–H groups in total. The average molecular weight is 292 g/mol. The topological polar surface area (TPSA) is 48.3 Å². The van der Waals surface area contributed by atoms with Gasteiger partial charge in [0, 0.05) is 17.3 Å². The number of hydrogen-bond acceptors (Lipinski definition) is 3. The van der Waals surface area contributed by atoms with Crippen LogP contribution in [0, 0.1) is 6.92 Å². The van der Waals surface area contributed by atoms with E-state index < -0.39 is 0 Å². The van der Waals surface area contributed by atoms with E-state index in [0.717, 1.165) is 0 Å². The number of hydrogen-bond donors (Lipinski definition) is 0. The number of benzene rings is 1. The zero-order valence-corrected chi connectivity index (χ0v) is 12.0. The fourth-order valence-electron chi connectivity index (χ4n) is 1.87. The van der Waals surface area contributed by atoms with E-state index in [1.165, 1.54) is 11.7 Å². The van der Waals surface area contributed by atoms with Crippen LogP contribution in [0.1, 0.15) is 15.9 Å². The Morgan fingerprint density at radius 2 is 2.10 bits per heavy atom. The summed E-state index contributed by atoms with van der Waals surface area (Å²) in [6.45, 7) is 1.71. The highest BCUT2D eigenvalue weighted by molar-refractivity contribution is 6.32. The van der Waals surface area contributed by atoms with Crippen LogP contribution in [0.2, 0.25) is 5.02 Å². The molecule has 0 atom stereocenters. The molecule has 0 saturated carbocycles. The third-order valence-electron chi connectivity index (χ3n) is 3.00. The van der Waals surface area contributed by atoms with E-state index >= 15 is 0 Å². The first-order valence-electron chi connectivity index (χ1n) is 6.05. The number of methoxy groups -OCH3 is 1. The molecule has 1 aromatic heterocycles. The van der Waals surface area contributed by atoms with Gasteiger partial charge in [-0.1, -0.05) is 17.7 Å². The average Bonchev–Trinajstić information content (AvgIpc) is 2.43. The number of ether oxygens (including phenoxy) is 1. The Balaban J connectivity index is 2.26. The summed E-state index contributed by atoms with van der Waals surface area (Å²) in [5, 5.41) is 0.370. The van der Waals surface area contributed by atoms with Crippen molar-refractivity contribution in [2.45, 2.75) is 13.5 Å². The summed E-state index contributed by atoms with van der Waals surface area (Å²) in [4.78, 5) is 24.0. The van der Waals surface area contributed by atoms with Crippen molar-refractivity contribution in [3.8, 4) is 5.75 Å². The third kappa shape index (κ3) is 2.91. The van der Waals surface area contributed by atoms with Gasteiger partial charge in [-0.05, 0) is 31.2 Å². The molecule has 0 radical (unpaired) electrons. The molecule has 20 heavy (non-hydrogen) atoms. The minimum atomic E-state index is -0.178. The second-order valence-electron chi connectivity index (χ2n) is 4.40. The predicted molar refractivity (Wildman–Crippen MR) is 77.8 cm³/mol. The van der Waals surface area contributed by atoms with E-state index in [0.29, 0.717) is 21.9 Å². The number of rotatable bonds is 4. The van der Waals surface area contributed by atoms with Gasteiger partial charge in [-0.25, -0.2) is 0 Å². The number of halogens is 1. The van der Waals surface area contributed by atoms with Crippen molar-refractivity contribution >= 4 is 17.4 Å². The number of pyridine rings is 1. The summed E-state index contributed by atoms with van der Waals surface area (Å²) in [7, 11) is 1.51. The molecule has 2 rings (SSSR count). The van der Waals surface area contributed by atoms with Crippen LogP contribution in [0.25, 0.3) is 0 Å². The molecule has 1 aromatic carbocycles. The Hall–Kier alpha value is -2.07. The maximum Gasteiger partial charge on any atom is 0.253 e. The molecule has 0 aliphatic heterocycles. The summed E-state index contributed by atoms with van der Waals surface area (Å²) >= 11 is 5.99. The molecule has 104 valence electrons. The number of Topliss-reactive ketones (excluding diaryl/α,β-unsaturated/α-hetero) is 1. The lowest BCUT2D eigenvalue weighted by Crippen LogP contribution is -2.25. The molecule has 2 aromatic rings. The van der Waals surface area contributed by atoms with Gasteiger partial charge >= 0.3 is 0 Å². The van der Waals surface area contributed by atoms with Gasteiger partial charge in [0.2, 0.25) is 0 Å².